The predicted molar refractivity (Wildman–Crippen MR) is 112 cm³/mol. The molecule has 26 heavy (non-hydrogen) atoms. The zero-order valence-corrected chi connectivity index (χ0v) is 18.2. The Morgan fingerprint density at radius 1 is 1.08 bits per heavy atom. The van der Waals surface area contributed by atoms with Crippen LogP contribution in [0.5, 0.6) is 11.5 Å². The van der Waals surface area contributed by atoms with Crippen molar-refractivity contribution in [2.24, 2.45) is 0 Å². The molecule has 0 atom stereocenters. The first-order valence-corrected chi connectivity index (χ1v) is 9.74. The van der Waals surface area contributed by atoms with Gasteiger partial charge in [0.25, 0.3) is 0 Å². The van der Waals surface area contributed by atoms with E-state index < -0.39 is 0 Å². The topological polar surface area (TPSA) is 33.7 Å². The van der Waals surface area contributed by atoms with E-state index in [1.165, 1.54) is 0 Å². The summed E-state index contributed by atoms with van der Waals surface area (Å²) in [6, 6.07) is 9.26. The molecule has 0 unspecified atom stereocenters. The van der Waals surface area contributed by atoms with Crippen LogP contribution in [0.1, 0.15) is 11.1 Å². The van der Waals surface area contributed by atoms with Crippen LogP contribution < -0.4 is 14.8 Å². The fourth-order valence-electron chi connectivity index (χ4n) is 2.30. The first-order valence-electron chi connectivity index (χ1n) is 8.19. The third kappa shape index (κ3) is 6.32. The molecule has 7 heteroatoms. The summed E-state index contributed by atoms with van der Waals surface area (Å²) in [5, 5.41) is 4.60. The molecule has 4 nitrogen and oxygen atoms in total. The lowest BCUT2D eigenvalue weighted by atomic mass is 10.2. The van der Waals surface area contributed by atoms with Gasteiger partial charge >= 0.3 is 0 Å². The molecule has 0 heterocycles. The summed E-state index contributed by atoms with van der Waals surface area (Å²) in [5.41, 5.74) is 1.97. The fraction of sp³-hybridized carbons (Fsp3) is 0.368. The lowest BCUT2D eigenvalue weighted by molar-refractivity contribution is 0.284. The number of halogens is 3. The first-order chi connectivity index (χ1) is 12.4. The van der Waals surface area contributed by atoms with Crippen LogP contribution in [-0.4, -0.2) is 39.2 Å². The molecular formula is C19H23BrCl2N2O2. The summed E-state index contributed by atoms with van der Waals surface area (Å²) < 4.78 is 12.4. The molecule has 0 spiro atoms. The maximum Gasteiger partial charge on any atom is 0.162 e. The van der Waals surface area contributed by atoms with Gasteiger partial charge in [-0.25, -0.2) is 0 Å². The number of rotatable bonds is 9. The van der Waals surface area contributed by atoms with Crippen LogP contribution in [0, 0.1) is 0 Å². The molecule has 0 bridgehead atoms. The second-order valence-corrected chi connectivity index (χ2v) is 7.80. The molecule has 0 amide bonds. The monoisotopic (exact) mass is 460 g/mol. The standard InChI is InChI=1S/C19H23BrCl2N2O2/c1-24(2)7-6-23-11-14-8-18(25-3)19(10-16(14)20)26-12-13-4-5-15(21)9-17(13)22/h4-5,8-10,23H,6-7,11-12H2,1-3H3. The van der Waals surface area contributed by atoms with E-state index in [1.54, 1.807) is 19.2 Å². The largest absolute Gasteiger partial charge is 0.493 e. The van der Waals surface area contributed by atoms with E-state index >= 15 is 0 Å². The van der Waals surface area contributed by atoms with E-state index in [0.29, 0.717) is 28.2 Å². The van der Waals surface area contributed by atoms with Crippen LogP contribution in [0.25, 0.3) is 0 Å². The molecule has 0 aliphatic carbocycles. The van der Waals surface area contributed by atoms with Crippen molar-refractivity contribution in [2.75, 3.05) is 34.3 Å². The highest BCUT2D eigenvalue weighted by atomic mass is 79.9. The maximum atomic E-state index is 6.20. The van der Waals surface area contributed by atoms with Crippen molar-refractivity contribution in [1.82, 2.24) is 10.2 Å². The summed E-state index contributed by atoms with van der Waals surface area (Å²) in [6.45, 7) is 2.97. The molecule has 1 N–H and O–H groups in total. The number of hydrogen-bond donors (Lipinski definition) is 1. The minimum absolute atomic E-state index is 0.333. The van der Waals surface area contributed by atoms with Gasteiger partial charge in [-0.05, 0) is 43.9 Å². The Kier molecular flexibility index (Phi) is 8.51. The van der Waals surface area contributed by atoms with Gasteiger partial charge in [-0.1, -0.05) is 45.2 Å². The molecule has 0 saturated carbocycles. The number of nitrogens with one attached hydrogen (secondary N) is 1. The molecule has 2 aromatic carbocycles. The van der Waals surface area contributed by atoms with Gasteiger partial charge in [-0.2, -0.15) is 0 Å². The Balaban J connectivity index is 2.05. The van der Waals surface area contributed by atoms with Crippen LogP contribution in [0.3, 0.4) is 0 Å². The van der Waals surface area contributed by atoms with Crippen molar-refractivity contribution in [3.63, 3.8) is 0 Å². The second-order valence-electron chi connectivity index (χ2n) is 6.10. The summed E-state index contributed by atoms with van der Waals surface area (Å²) in [6.07, 6.45) is 0. The quantitative estimate of drug-likeness (QED) is 0.533. The number of ether oxygens (including phenoxy) is 2. The molecule has 0 radical (unpaired) electrons. The minimum atomic E-state index is 0.333. The van der Waals surface area contributed by atoms with E-state index in [2.05, 4.69) is 40.2 Å². The second kappa shape index (κ2) is 10.4. The summed E-state index contributed by atoms with van der Waals surface area (Å²) in [5.74, 6) is 1.34. The predicted octanol–water partition coefficient (Wildman–Crippen LogP) is 4.99. The van der Waals surface area contributed by atoms with Gasteiger partial charge in [-0.15, -0.1) is 0 Å². The zero-order valence-electron chi connectivity index (χ0n) is 15.1. The third-order valence-corrected chi connectivity index (χ3v) is 5.11. The van der Waals surface area contributed by atoms with Gasteiger partial charge in [0.15, 0.2) is 11.5 Å². The number of nitrogens with zero attached hydrogens (tertiary/aromatic N) is 1. The normalized spacial score (nSPS) is 11.0. The van der Waals surface area contributed by atoms with Gasteiger partial charge in [0.2, 0.25) is 0 Å². The van der Waals surface area contributed by atoms with E-state index in [0.717, 1.165) is 35.2 Å². The SMILES string of the molecule is COc1cc(CNCCN(C)C)c(Br)cc1OCc1ccc(Cl)cc1Cl. The van der Waals surface area contributed by atoms with Crippen molar-refractivity contribution in [2.45, 2.75) is 13.2 Å². The van der Waals surface area contributed by atoms with Gasteiger partial charge < -0.3 is 19.7 Å². The van der Waals surface area contributed by atoms with Crippen molar-refractivity contribution < 1.29 is 9.47 Å². The van der Waals surface area contributed by atoms with Crippen LogP contribution in [0.15, 0.2) is 34.8 Å². The molecule has 142 valence electrons. The lowest BCUT2D eigenvalue weighted by Crippen LogP contribution is -2.26. The molecule has 0 aliphatic rings. The van der Waals surface area contributed by atoms with Gasteiger partial charge in [0, 0.05) is 39.7 Å². The Labute approximate surface area is 173 Å². The molecular weight excluding hydrogens is 439 g/mol. The fourth-order valence-corrected chi connectivity index (χ4v) is 3.23. The van der Waals surface area contributed by atoms with E-state index in [1.807, 2.05) is 18.2 Å². The number of methoxy groups -OCH3 is 1. The Hall–Kier alpha value is -0.980. The van der Waals surface area contributed by atoms with Crippen LogP contribution in [0.2, 0.25) is 10.0 Å². The van der Waals surface area contributed by atoms with Crippen LogP contribution in [0.4, 0.5) is 0 Å². The Morgan fingerprint density at radius 2 is 1.85 bits per heavy atom. The highest BCUT2D eigenvalue weighted by molar-refractivity contribution is 9.10. The van der Waals surface area contributed by atoms with Gasteiger partial charge in [-0.3, -0.25) is 0 Å². The zero-order chi connectivity index (χ0) is 19.1. The highest BCUT2D eigenvalue weighted by Gasteiger charge is 2.11. The number of likely N-dealkylation sites (N-methyl/N-ethyl adjacent to an activating group) is 1. The van der Waals surface area contributed by atoms with Gasteiger partial charge in [0.1, 0.15) is 6.61 Å². The average molecular weight is 462 g/mol. The maximum absolute atomic E-state index is 6.20. The summed E-state index contributed by atoms with van der Waals surface area (Å²) >= 11 is 15.7. The molecule has 0 saturated heterocycles. The van der Waals surface area contributed by atoms with E-state index in [9.17, 15) is 0 Å². The third-order valence-electron chi connectivity index (χ3n) is 3.78. The Morgan fingerprint density at radius 3 is 2.50 bits per heavy atom. The first kappa shape index (κ1) is 21.3. The molecule has 2 rings (SSSR count). The summed E-state index contributed by atoms with van der Waals surface area (Å²) in [7, 11) is 5.74. The molecule has 2 aromatic rings. The van der Waals surface area contributed by atoms with Gasteiger partial charge in [0.05, 0.1) is 7.11 Å². The Bertz CT molecular complexity index is 742. The van der Waals surface area contributed by atoms with Crippen LogP contribution >= 0.6 is 39.1 Å². The lowest BCUT2D eigenvalue weighted by Gasteiger charge is -2.15. The number of benzene rings is 2. The van der Waals surface area contributed by atoms with E-state index in [4.69, 9.17) is 32.7 Å². The highest BCUT2D eigenvalue weighted by Crippen LogP contribution is 2.34. The van der Waals surface area contributed by atoms with Crippen molar-refractivity contribution in [3.05, 3.63) is 56.0 Å². The van der Waals surface area contributed by atoms with Crippen molar-refractivity contribution in [1.29, 1.82) is 0 Å². The molecule has 0 aliphatic heterocycles. The van der Waals surface area contributed by atoms with Crippen molar-refractivity contribution >= 4 is 39.1 Å². The number of hydrogen-bond acceptors (Lipinski definition) is 4. The van der Waals surface area contributed by atoms with Crippen molar-refractivity contribution in [3.8, 4) is 11.5 Å². The minimum Gasteiger partial charge on any atom is -0.493 e. The average Bonchev–Trinajstić information content (AvgIpc) is 2.59. The van der Waals surface area contributed by atoms with Crippen LogP contribution in [-0.2, 0) is 13.2 Å². The summed E-state index contributed by atoms with van der Waals surface area (Å²) in [4.78, 5) is 2.14. The molecule has 0 aromatic heterocycles. The molecule has 0 fully saturated rings. The smallest absolute Gasteiger partial charge is 0.162 e. The van der Waals surface area contributed by atoms with E-state index in [-0.39, 0.29) is 0 Å².